The second kappa shape index (κ2) is 3.82. The van der Waals surface area contributed by atoms with E-state index in [9.17, 15) is 9.59 Å². The van der Waals surface area contributed by atoms with Gasteiger partial charge >= 0.3 is 0 Å². The molecule has 2 rings (SSSR count). The Labute approximate surface area is 87.2 Å². The molecular formula is C11H11NO3. The number of fused-ring (bicyclic) bond motifs is 1. The van der Waals surface area contributed by atoms with Crippen molar-refractivity contribution in [2.24, 2.45) is 0 Å². The first-order valence-electron chi connectivity index (χ1n) is 4.67. The van der Waals surface area contributed by atoms with Gasteiger partial charge in [0.25, 0.3) is 0 Å². The summed E-state index contributed by atoms with van der Waals surface area (Å²) in [5, 5.41) is 3.01. The lowest BCUT2D eigenvalue weighted by atomic mass is 10.0. The third kappa shape index (κ3) is 1.76. The maximum Gasteiger partial charge on any atom is 0.228 e. The molecule has 1 N–H and O–H groups in total. The van der Waals surface area contributed by atoms with Gasteiger partial charge in [-0.3, -0.25) is 9.59 Å². The Kier molecular flexibility index (Phi) is 2.51. The summed E-state index contributed by atoms with van der Waals surface area (Å²) in [5.74, 6) is -0.539. The molecule has 0 saturated heterocycles. The predicted molar refractivity (Wildman–Crippen MR) is 54.6 cm³/mol. The molecule has 1 aliphatic rings. The molecule has 1 heterocycles. The summed E-state index contributed by atoms with van der Waals surface area (Å²) >= 11 is 0. The number of hydrogen-bond donors (Lipinski definition) is 1. The number of anilines is 1. The topological polar surface area (TPSA) is 55.4 Å². The Bertz CT molecular complexity index is 414. The Balaban J connectivity index is 2.44. The number of nitrogens with one attached hydrogen (secondary N) is 1. The molecule has 4 nitrogen and oxygen atoms in total. The van der Waals surface area contributed by atoms with Crippen LogP contribution >= 0.6 is 0 Å². The second-order valence-electron chi connectivity index (χ2n) is 3.48. The van der Waals surface area contributed by atoms with Gasteiger partial charge in [0.2, 0.25) is 5.78 Å². The Morgan fingerprint density at radius 2 is 2.40 bits per heavy atom. The van der Waals surface area contributed by atoms with Gasteiger partial charge in [0.15, 0.2) is 12.4 Å². The average Bonchev–Trinajstić information content (AvgIpc) is 2.27. The van der Waals surface area contributed by atoms with Crippen molar-refractivity contribution >= 4 is 17.8 Å². The fourth-order valence-corrected chi connectivity index (χ4v) is 1.65. The normalized spacial score (nSPS) is 18.9. The van der Waals surface area contributed by atoms with Crippen LogP contribution in [-0.4, -0.2) is 18.8 Å². The maximum absolute atomic E-state index is 11.3. The standard InChI is InChI=1S/C11H11NO3/c1-7-2-3-9-8(4-7)11(10(14)5-13)15-6-12-9/h2-5,11-12H,6H2,1H3. The first kappa shape index (κ1) is 9.86. The molecule has 15 heavy (non-hydrogen) atoms. The van der Waals surface area contributed by atoms with Crippen LogP contribution in [0.25, 0.3) is 0 Å². The molecule has 0 spiro atoms. The zero-order valence-electron chi connectivity index (χ0n) is 8.32. The van der Waals surface area contributed by atoms with E-state index in [2.05, 4.69) is 5.32 Å². The quantitative estimate of drug-likeness (QED) is 0.582. The van der Waals surface area contributed by atoms with Crippen molar-refractivity contribution in [3.8, 4) is 0 Å². The number of Topliss-reactive ketones (excluding diaryl/α,β-unsaturated/α-hetero) is 1. The van der Waals surface area contributed by atoms with Crippen LogP contribution in [0.15, 0.2) is 18.2 Å². The number of rotatable bonds is 2. The van der Waals surface area contributed by atoms with Gasteiger partial charge in [-0.1, -0.05) is 17.7 Å². The van der Waals surface area contributed by atoms with Crippen LogP contribution in [0.4, 0.5) is 5.69 Å². The van der Waals surface area contributed by atoms with E-state index in [0.717, 1.165) is 16.8 Å². The molecule has 0 bridgehead atoms. The summed E-state index contributed by atoms with van der Waals surface area (Å²) in [5.41, 5.74) is 2.62. The van der Waals surface area contributed by atoms with E-state index < -0.39 is 11.9 Å². The van der Waals surface area contributed by atoms with Crippen molar-refractivity contribution in [3.63, 3.8) is 0 Å². The van der Waals surface area contributed by atoms with Crippen LogP contribution in [0.1, 0.15) is 17.2 Å². The first-order chi connectivity index (χ1) is 7.22. The van der Waals surface area contributed by atoms with E-state index in [1.807, 2.05) is 25.1 Å². The number of aryl methyl sites for hydroxylation is 1. The third-order valence-corrected chi connectivity index (χ3v) is 2.38. The second-order valence-corrected chi connectivity index (χ2v) is 3.48. The van der Waals surface area contributed by atoms with Crippen LogP contribution in [0.2, 0.25) is 0 Å². The summed E-state index contributed by atoms with van der Waals surface area (Å²) in [6.45, 7) is 2.18. The molecule has 1 aliphatic heterocycles. The zero-order valence-corrected chi connectivity index (χ0v) is 8.32. The van der Waals surface area contributed by atoms with Crippen LogP contribution in [0.5, 0.6) is 0 Å². The fraction of sp³-hybridized carbons (Fsp3) is 0.273. The van der Waals surface area contributed by atoms with Gasteiger partial charge in [0.1, 0.15) is 6.73 Å². The number of ether oxygens (including phenoxy) is 1. The first-order valence-corrected chi connectivity index (χ1v) is 4.67. The number of aldehydes is 1. The van der Waals surface area contributed by atoms with E-state index in [1.165, 1.54) is 0 Å². The highest BCUT2D eigenvalue weighted by molar-refractivity contribution is 6.27. The summed E-state index contributed by atoms with van der Waals surface area (Å²) in [4.78, 5) is 21.8. The number of hydrogen-bond acceptors (Lipinski definition) is 4. The Morgan fingerprint density at radius 1 is 1.60 bits per heavy atom. The van der Waals surface area contributed by atoms with E-state index in [1.54, 1.807) is 0 Å². The number of carbonyl (C=O) groups is 2. The van der Waals surface area contributed by atoms with Gasteiger partial charge in [0, 0.05) is 11.3 Å². The minimum atomic E-state index is -0.751. The van der Waals surface area contributed by atoms with E-state index >= 15 is 0 Å². The van der Waals surface area contributed by atoms with E-state index in [4.69, 9.17) is 4.74 Å². The van der Waals surface area contributed by atoms with Gasteiger partial charge in [-0.05, 0) is 13.0 Å². The van der Waals surface area contributed by atoms with Crippen LogP contribution in [0, 0.1) is 6.92 Å². The van der Waals surface area contributed by atoms with Crippen molar-refractivity contribution in [1.82, 2.24) is 0 Å². The molecule has 0 aromatic heterocycles. The van der Waals surface area contributed by atoms with Gasteiger partial charge in [-0.25, -0.2) is 0 Å². The summed E-state index contributed by atoms with van der Waals surface area (Å²) in [7, 11) is 0. The lowest BCUT2D eigenvalue weighted by molar-refractivity contribution is -0.138. The third-order valence-electron chi connectivity index (χ3n) is 2.38. The van der Waals surface area contributed by atoms with Crippen LogP contribution < -0.4 is 5.32 Å². The average molecular weight is 205 g/mol. The molecule has 4 heteroatoms. The summed E-state index contributed by atoms with van der Waals surface area (Å²) in [6, 6.07) is 5.69. The van der Waals surface area contributed by atoms with Gasteiger partial charge in [0.05, 0.1) is 0 Å². The minimum absolute atomic E-state index is 0.250. The molecule has 1 aromatic carbocycles. The fourth-order valence-electron chi connectivity index (χ4n) is 1.65. The lowest BCUT2D eigenvalue weighted by Crippen LogP contribution is -2.26. The highest BCUT2D eigenvalue weighted by Gasteiger charge is 2.26. The van der Waals surface area contributed by atoms with E-state index in [0.29, 0.717) is 6.29 Å². The largest absolute Gasteiger partial charge is 0.362 e. The highest BCUT2D eigenvalue weighted by atomic mass is 16.5. The van der Waals surface area contributed by atoms with Crippen molar-refractivity contribution in [2.45, 2.75) is 13.0 Å². The van der Waals surface area contributed by atoms with Crippen molar-refractivity contribution in [3.05, 3.63) is 29.3 Å². The maximum atomic E-state index is 11.3. The van der Waals surface area contributed by atoms with Gasteiger partial charge in [-0.15, -0.1) is 0 Å². The van der Waals surface area contributed by atoms with Gasteiger partial charge < -0.3 is 10.1 Å². The lowest BCUT2D eigenvalue weighted by Gasteiger charge is -2.25. The van der Waals surface area contributed by atoms with Crippen molar-refractivity contribution < 1.29 is 14.3 Å². The molecule has 0 aliphatic carbocycles. The SMILES string of the molecule is Cc1ccc2c(c1)C(C(=O)C=O)OCN2. The monoisotopic (exact) mass is 205 g/mol. The molecule has 1 aromatic rings. The number of benzene rings is 1. The van der Waals surface area contributed by atoms with Gasteiger partial charge in [-0.2, -0.15) is 0 Å². The zero-order chi connectivity index (χ0) is 10.8. The number of carbonyl (C=O) groups excluding carboxylic acids is 2. The minimum Gasteiger partial charge on any atom is -0.362 e. The molecule has 0 amide bonds. The summed E-state index contributed by atoms with van der Waals surface area (Å²) in [6.07, 6.45) is -0.444. The molecule has 1 unspecified atom stereocenters. The van der Waals surface area contributed by atoms with Crippen LogP contribution in [-0.2, 0) is 14.3 Å². The predicted octanol–water partition coefficient (Wildman–Crippen LogP) is 1.20. The van der Waals surface area contributed by atoms with E-state index in [-0.39, 0.29) is 6.73 Å². The summed E-state index contributed by atoms with van der Waals surface area (Å²) < 4.78 is 5.22. The van der Waals surface area contributed by atoms with Crippen molar-refractivity contribution in [2.75, 3.05) is 12.0 Å². The number of ketones is 1. The molecule has 0 fully saturated rings. The molecule has 0 saturated carbocycles. The molecule has 0 radical (unpaired) electrons. The smallest absolute Gasteiger partial charge is 0.228 e. The molecular weight excluding hydrogens is 194 g/mol. The molecule has 78 valence electrons. The Hall–Kier alpha value is -1.68. The highest BCUT2D eigenvalue weighted by Crippen LogP contribution is 2.30. The van der Waals surface area contributed by atoms with Crippen LogP contribution in [0.3, 0.4) is 0 Å². The van der Waals surface area contributed by atoms with Crippen molar-refractivity contribution in [1.29, 1.82) is 0 Å². The molecule has 1 atom stereocenters. The Morgan fingerprint density at radius 3 is 3.13 bits per heavy atom.